The summed E-state index contributed by atoms with van der Waals surface area (Å²) in [6.45, 7) is 1.54. The van der Waals surface area contributed by atoms with E-state index in [0.29, 0.717) is 0 Å². The molecule has 2 amide bonds. The van der Waals surface area contributed by atoms with E-state index in [1.54, 1.807) is 13.0 Å². The van der Waals surface area contributed by atoms with Crippen LogP contribution in [0.3, 0.4) is 0 Å². The molecule has 0 radical (unpaired) electrons. The van der Waals surface area contributed by atoms with Gasteiger partial charge in [-0.3, -0.25) is 9.59 Å². The summed E-state index contributed by atoms with van der Waals surface area (Å²) in [6, 6.07) is 4.26. The smallest absolute Gasteiger partial charge is 0.405 e. The van der Waals surface area contributed by atoms with E-state index in [1.165, 1.54) is 12.1 Å². The number of amides is 2. The van der Waals surface area contributed by atoms with E-state index >= 15 is 0 Å². The molecule has 2 atom stereocenters. The highest BCUT2D eigenvalue weighted by atomic mass is 19.1. The van der Waals surface area contributed by atoms with E-state index in [-0.39, 0.29) is 36.7 Å². The summed E-state index contributed by atoms with van der Waals surface area (Å²) in [5, 5.41) is 5.09. The topological polar surface area (TPSA) is 76.7 Å². The Labute approximate surface area is 146 Å². The fourth-order valence-corrected chi connectivity index (χ4v) is 3.22. The third-order valence-corrected chi connectivity index (χ3v) is 4.54. The minimum atomic E-state index is -0.615. The molecule has 134 valence electrons. The third kappa shape index (κ3) is 4.58. The van der Waals surface area contributed by atoms with Crippen molar-refractivity contribution in [2.45, 2.75) is 44.8 Å². The summed E-state index contributed by atoms with van der Waals surface area (Å²) in [7, 11) is -0.443. The highest BCUT2D eigenvalue weighted by molar-refractivity contribution is 6.45. The maximum Gasteiger partial charge on any atom is 0.478 e. The van der Waals surface area contributed by atoms with Crippen LogP contribution in [0.15, 0.2) is 18.2 Å². The first-order chi connectivity index (χ1) is 12.0. The second-order valence-electron chi connectivity index (χ2n) is 6.53. The predicted octanol–water partition coefficient (Wildman–Crippen LogP) is 1.37. The number of carbonyl (C=O) groups is 2. The summed E-state index contributed by atoms with van der Waals surface area (Å²) in [5.41, 5.74) is 0.701. The summed E-state index contributed by atoms with van der Waals surface area (Å²) in [5.74, 6) is -1.60. The van der Waals surface area contributed by atoms with Crippen LogP contribution in [-0.4, -0.2) is 44.1 Å². The van der Waals surface area contributed by atoms with Gasteiger partial charge in [-0.15, -0.1) is 0 Å². The number of nitrogens with one attached hydrogen (secondary N) is 2. The van der Waals surface area contributed by atoms with Gasteiger partial charge in [0, 0.05) is 0 Å². The zero-order chi connectivity index (χ0) is 17.8. The van der Waals surface area contributed by atoms with E-state index < -0.39 is 18.8 Å². The third-order valence-electron chi connectivity index (χ3n) is 4.54. The van der Waals surface area contributed by atoms with E-state index in [1.807, 2.05) is 0 Å². The predicted molar refractivity (Wildman–Crippen MR) is 90.4 cm³/mol. The highest BCUT2D eigenvalue weighted by Gasteiger charge is 2.40. The standard InChI is InChI=1S/C17H22BFN2O4/c1-11-6-7-13(19)12(8-11)17(23)20-9-16(22)21-10-18-24-14-4-2-3-5-15(14)25-18/h6-8,14-15H,2-5,9-10H2,1H3,(H,20,23)(H,21,22)/t14-,15+. The van der Waals surface area contributed by atoms with Gasteiger partial charge in [0.05, 0.1) is 30.8 Å². The van der Waals surface area contributed by atoms with E-state index in [0.717, 1.165) is 31.2 Å². The highest BCUT2D eigenvalue weighted by Crippen LogP contribution is 2.29. The quantitative estimate of drug-likeness (QED) is 0.788. The molecule has 1 aliphatic heterocycles. The number of hydrogen-bond acceptors (Lipinski definition) is 4. The average molecular weight is 348 g/mol. The molecule has 1 heterocycles. The van der Waals surface area contributed by atoms with Crippen LogP contribution >= 0.6 is 0 Å². The zero-order valence-corrected chi connectivity index (χ0v) is 14.2. The van der Waals surface area contributed by atoms with Gasteiger partial charge in [-0.05, 0) is 31.9 Å². The van der Waals surface area contributed by atoms with Gasteiger partial charge in [-0.1, -0.05) is 24.5 Å². The summed E-state index contributed by atoms with van der Waals surface area (Å²) < 4.78 is 25.2. The average Bonchev–Trinajstić information content (AvgIpc) is 3.03. The van der Waals surface area contributed by atoms with Crippen molar-refractivity contribution < 1.29 is 23.3 Å². The normalized spacial score (nSPS) is 22.4. The second-order valence-corrected chi connectivity index (χ2v) is 6.53. The molecule has 1 aliphatic carbocycles. The minimum absolute atomic E-state index is 0.0701. The van der Waals surface area contributed by atoms with Crippen molar-refractivity contribution in [3.63, 3.8) is 0 Å². The first-order valence-electron chi connectivity index (χ1n) is 8.65. The molecule has 3 rings (SSSR count). The van der Waals surface area contributed by atoms with Crippen LogP contribution in [0.5, 0.6) is 0 Å². The number of rotatable bonds is 5. The molecule has 0 aromatic heterocycles. The molecule has 0 unspecified atom stereocenters. The van der Waals surface area contributed by atoms with E-state index in [9.17, 15) is 14.0 Å². The molecule has 1 aromatic carbocycles. The largest absolute Gasteiger partial charge is 0.478 e. The van der Waals surface area contributed by atoms with Crippen LogP contribution < -0.4 is 10.6 Å². The van der Waals surface area contributed by atoms with E-state index in [2.05, 4.69) is 10.6 Å². The van der Waals surface area contributed by atoms with Crippen LogP contribution in [0.4, 0.5) is 4.39 Å². The first kappa shape index (κ1) is 17.9. The number of carbonyl (C=O) groups excluding carboxylic acids is 2. The molecule has 2 aliphatic rings. The maximum atomic E-state index is 13.6. The fraction of sp³-hybridized carbons (Fsp3) is 0.529. The Morgan fingerprint density at radius 1 is 1.20 bits per heavy atom. The van der Waals surface area contributed by atoms with Crippen LogP contribution in [0.2, 0.25) is 0 Å². The second kappa shape index (κ2) is 7.97. The van der Waals surface area contributed by atoms with Gasteiger partial charge < -0.3 is 19.9 Å². The Bertz CT molecular complexity index is 644. The van der Waals surface area contributed by atoms with E-state index in [4.69, 9.17) is 9.31 Å². The van der Waals surface area contributed by atoms with Gasteiger partial charge in [-0.25, -0.2) is 4.39 Å². The van der Waals surface area contributed by atoms with Crippen molar-refractivity contribution in [1.29, 1.82) is 0 Å². The van der Waals surface area contributed by atoms with Crippen molar-refractivity contribution in [2.75, 3.05) is 13.0 Å². The number of hydrogen-bond donors (Lipinski definition) is 2. The van der Waals surface area contributed by atoms with Crippen LogP contribution in [-0.2, 0) is 14.1 Å². The summed E-state index contributed by atoms with van der Waals surface area (Å²) >= 11 is 0. The van der Waals surface area contributed by atoms with Crippen LogP contribution in [0.25, 0.3) is 0 Å². The Morgan fingerprint density at radius 3 is 2.56 bits per heavy atom. The van der Waals surface area contributed by atoms with Gasteiger partial charge in [0.15, 0.2) is 0 Å². The number of halogens is 1. The molecule has 6 nitrogen and oxygen atoms in total. The molecule has 0 spiro atoms. The summed E-state index contributed by atoms with van der Waals surface area (Å²) in [6.07, 6.45) is 4.76. The van der Waals surface area contributed by atoms with Gasteiger partial charge in [0.1, 0.15) is 5.82 Å². The molecule has 0 bridgehead atoms. The molecule has 1 saturated heterocycles. The first-order valence-corrected chi connectivity index (χ1v) is 8.65. The van der Waals surface area contributed by atoms with Gasteiger partial charge in [0.25, 0.3) is 5.91 Å². The maximum absolute atomic E-state index is 13.6. The lowest BCUT2D eigenvalue weighted by Crippen LogP contribution is -2.42. The molecule has 8 heteroatoms. The molecule has 1 aromatic rings. The monoisotopic (exact) mass is 348 g/mol. The Kier molecular flexibility index (Phi) is 5.70. The van der Waals surface area contributed by atoms with Crippen molar-refractivity contribution in [1.82, 2.24) is 10.6 Å². The van der Waals surface area contributed by atoms with Crippen LogP contribution in [0, 0.1) is 12.7 Å². The molecular formula is C17H22BFN2O4. The summed E-state index contributed by atoms with van der Waals surface area (Å²) in [4.78, 5) is 23.8. The Balaban J connectivity index is 1.41. The zero-order valence-electron chi connectivity index (χ0n) is 14.2. The minimum Gasteiger partial charge on any atom is -0.405 e. The van der Waals surface area contributed by atoms with Gasteiger partial charge in [-0.2, -0.15) is 0 Å². The van der Waals surface area contributed by atoms with Crippen molar-refractivity contribution in [2.24, 2.45) is 0 Å². The number of benzene rings is 1. The fourth-order valence-electron chi connectivity index (χ4n) is 3.22. The number of fused-ring (bicyclic) bond motifs is 1. The lowest BCUT2D eigenvalue weighted by molar-refractivity contribution is -0.119. The molecule has 25 heavy (non-hydrogen) atoms. The molecular weight excluding hydrogens is 326 g/mol. The van der Waals surface area contributed by atoms with Crippen LogP contribution in [0.1, 0.15) is 41.6 Å². The molecule has 2 N–H and O–H groups in total. The van der Waals surface area contributed by atoms with Crippen molar-refractivity contribution >= 4 is 18.9 Å². The Hall–Kier alpha value is -1.93. The van der Waals surface area contributed by atoms with Gasteiger partial charge in [0.2, 0.25) is 5.91 Å². The molecule has 2 fully saturated rings. The van der Waals surface area contributed by atoms with Gasteiger partial charge >= 0.3 is 7.12 Å². The van der Waals surface area contributed by atoms with Crippen molar-refractivity contribution in [3.05, 3.63) is 35.1 Å². The number of aryl methyl sites for hydroxylation is 1. The molecule has 1 saturated carbocycles. The lowest BCUT2D eigenvalue weighted by Gasteiger charge is -2.22. The van der Waals surface area contributed by atoms with Crippen molar-refractivity contribution in [3.8, 4) is 0 Å². The Morgan fingerprint density at radius 2 is 1.88 bits per heavy atom. The SMILES string of the molecule is Cc1ccc(F)c(C(=O)NCC(=O)NCB2O[C@H]3CCCC[C@H]3O2)c1. The lowest BCUT2D eigenvalue weighted by atomic mass is 9.91.